The second-order valence-electron chi connectivity index (χ2n) is 6.67. The van der Waals surface area contributed by atoms with E-state index in [1.807, 2.05) is 35.9 Å². The van der Waals surface area contributed by atoms with E-state index in [9.17, 15) is 9.59 Å². The maximum atomic E-state index is 12.7. The van der Waals surface area contributed by atoms with Crippen molar-refractivity contribution in [3.63, 3.8) is 0 Å². The largest absolute Gasteiger partial charge is 0.355 e. The van der Waals surface area contributed by atoms with E-state index >= 15 is 0 Å². The smallest absolute Gasteiger partial charge is 0.265 e. The molecule has 0 aliphatic carbocycles. The quantitative estimate of drug-likeness (QED) is 0.527. The molecule has 146 valence electrons. The summed E-state index contributed by atoms with van der Waals surface area (Å²) in [6.45, 7) is 2.61. The Morgan fingerprint density at radius 3 is 2.45 bits per heavy atom. The highest BCUT2D eigenvalue weighted by Crippen LogP contribution is 2.29. The van der Waals surface area contributed by atoms with E-state index in [1.165, 1.54) is 11.3 Å². The predicted molar refractivity (Wildman–Crippen MR) is 116 cm³/mol. The lowest BCUT2D eigenvalue weighted by Crippen LogP contribution is -2.17. The molecule has 0 unspecified atom stereocenters. The zero-order valence-corrected chi connectivity index (χ0v) is 16.9. The summed E-state index contributed by atoms with van der Waals surface area (Å²) in [6, 6.07) is 18.8. The lowest BCUT2D eigenvalue weighted by molar-refractivity contribution is 0.0962. The number of amides is 2. The number of fused-ring (bicyclic) bond motifs is 1. The first-order chi connectivity index (χ1) is 14.0. The van der Waals surface area contributed by atoms with Gasteiger partial charge >= 0.3 is 0 Å². The molecule has 0 aliphatic heterocycles. The van der Waals surface area contributed by atoms with Crippen molar-refractivity contribution in [1.82, 2.24) is 15.1 Å². The van der Waals surface area contributed by atoms with Crippen molar-refractivity contribution in [3.8, 4) is 0 Å². The molecule has 2 N–H and O–H groups in total. The molecule has 2 amide bonds. The highest BCUT2D eigenvalue weighted by atomic mass is 32.1. The lowest BCUT2D eigenvalue weighted by Gasteiger charge is -2.05. The molecule has 0 saturated heterocycles. The highest BCUT2D eigenvalue weighted by molar-refractivity contribution is 7.20. The Balaban J connectivity index is 1.55. The SMILES string of the molecule is CNC(=O)c1ccc(NC(=O)c2cc3c(C)nn(Cc4ccccc4)c3s2)cc1. The van der Waals surface area contributed by atoms with Gasteiger partial charge in [0.2, 0.25) is 0 Å². The average Bonchev–Trinajstić information content (AvgIpc) is 3.30. The van der Waals surface area contributed by atoms with Gasteiger partial charge in [0, 0.05) is 23.7 Å². The monoisotopic (exact) mass is 404 g/mol. The van der Waals surface area contributed by atoms with Gasteiger partial charge in [0.05, 0.1) is 17.1 Å². The Morgan fingerprint density at radius 1 is 1.03 bits per heavy atom. The number of benzene rings is 2. The number of carbonyl (C=O) groups excluding carboxylic acids is 2. The molecule has 0 radical (unpaired) electrons. The molecule has 0 atom stereocenters. The van der Waals surface area contributed by atoms with Crippen molar-refractivity contribution in [2.75, 3.05) is 12.4 Å². The fourth-order valence-electron chi connectivity index (χ4n) is 3.13. The van der Waals surface area contributed by atoms with E-state index in [4.69, 9.17) is 0 Å². The van der Waals surface area contributed by atoms with Crippen LogP contribution in [0.4, 0.5) is 5.69 Å². The predicted octanol–water partition coefficient (Wildman–Crippen LogP) is 4.07. The maximum Gasteiger partial charge on any atom is 0.265 e. The molecule has 4 aromatic rings. The molecule has 0 fully saturated rings. The maximum absolute atomic E-state index is 12.7. The number of thiophene rings is 1. The molecule has 29 heavy (non-hydrogen) atoms. The number of aromatic nitrogens is 2. The van der Waals surface area contributed by atoms with Crippen LogP contribution >= 0.6 is 11.3 Å². The van der Waals surface area contributed by atoms with Crippen LogP contribution in [-0.4, -0.2) is 28.6 Å². The van der Waals surface area contributed by atoms with Crippen molar-refractivity contribution in [2.45, 2.75) is 13.5 Å². The molecule has 7 heteroatoms. The van der Waals surface area contributed by atoms with Crippen LogP contribution in [0.1, 0.15) is 31.3 Å². The van der Waals surface area contributed by atoms with Crippen molar-refractivity contribution >= 4 is 39.1 Å². The van der Waals surface area contributed by atoms with Crippen molar-refractivity contribution in [3.05, 3.63) is 82.4 Å². The van der Waals surface area contributed by atoms with Crippen LogP contribution in [0.2, 0.25) is 0 Å². The number of nitrogens with one attached hydrogen (secondary N) is 2. The van der Waals surface area contributed by atoms with Crippen LogP contribution < -0.4 is 10.6 Å². The van der Waals surface area contributed by atoms with E-state index < -0.39 is 0 Å². The minimum Gasteiger partial charge on any atom is -0.355 e. The minimum atomic E-state index is -0.176. The summed E-state index contributed by atoms with van der Waals surface area (Å²) in [4.78, 5) is 26.0. The highest BCUT2D eigenvalue weighted by Gasteiger charge is 2.17. The zero-order valence-electron chi connectivity index (χ0n) is 16.1. The summed E-state index contributed by atoms with van der Waals surface area (Å²) in [5, 5.41) is 11.1. The van der Waals surface area contributed by atoms with Crippen molar-refractivity contribution in [2.24, 2.45) is 0 Å². The van der Waals surface area contributed by atoms with Crippen LogP contribution in [0.15, 0.2) is 60.7 Å². The van der Waals surface area contributed by atoms with Crippen LogP contribution in [0.25, 0.3) is 10.2 Å². The molecule has 2 aromatic heterocycles. The summed E-state index contributed by atoms with van der Waals surface area (Å²) in [7, 11) is 1.58. The van der Waals surface area contributed by atoms with Crippen molar-refractivity contribution < 1.29 is 9.59 Å². The Hall–Kier alpha value is -3.45. The molecule has 0 spiro atoms. The summed E-state index contributed by atoms with van der Waals surface area (Å²) < 4.78 is 1.94. The molecular weight excluding hydrogens is 384 g/mol. The molecule has 0 saturated carbocycles. The van der Waals surface area contributed by atoms with Gasteiger partial charge in [-0.15, -0.1) is 11.3 Å². The zero-order chi connectivity index (χ0) is 20.4. The number of hydrogen-bond donors (Lipinski definition) is 2. The lowest BCUT2D eigenvalue weighted by atomic mass is 10.2. The Bertz CT molecular complexity index is 1180. The fraction of sp³-hybridized carbons (Fsp3) is 0.136. The standard InChI is InChI=1S/C22H20N4O2S/c1-14-18-12-19(21(28)24-17-10-8-16(9-11-17)20(27)23-2)29-22(18)26(25-14)13-15-6-4-3-5-7-15/h3-12H,13H2,1-2H3,(H,23,27)(H,24,28). The van der Waals surface area contributed by atoms with Crippen LogP contribution in [-0.2, 0) is 6.54 Å². The molecule has 2 aromatic carbocycles. The first-order valence-corrected chi connectivity index (χ1v) is 10.0. The van der Waals surface area contributed by atoms with Gasteiger partial charge in [-0.25, -0.2) is 0 Å². The first kappa shape index (κ1) is 18.9. The van der Waals surface area contributed by atoms with Gasteiger partial charge in [0.15, 0.2) is 0 Å². The second-order valence-corrected chi connectivity index (χ2v) is 7.70. The van der Waals surface area contributed by atoms with Gasteiger partial charge in [-0.3, -0.25) is 14.3 Å². The summed E-state index contributed by atoms with van der Waals surface area (Å²) in [6.07, 6.45) is 0. The molecular formula is C22H20N4O2S. The fourth-order valence-corrected chi connectivity index (χ4v) is 4.19. The van der Waals surface area contributed by atoms with E-state index in [0.29, 0.717) is 22.7 Å². The van der Waals surface area contributed by atoms with E-state index in [-0.39, 0.29) is 11.8 Å². The van der Waals surface area contributed by atoms with E-state index in [1.54, 1.807) is 31.3 Å². The number of aryl methyl sites for hydroxylation is 1. The second kappa shape index (κ2) is 7.89. The summed E-state index contributed by atoms with van der Waals surface area (Å²) in [5.74, 6) is -0.338. The van der Waals surface area contributed by atoms with Crippen LogP contribution in [0, 0.1) is 6.92 Å². The average molecular weight is 404 g/mol. The number of nitrogens with zero attached hydrogens (tertiary/aromatic N) is 2. The van der Waals surface area contributed by atoms with Gasteiger partial charge in [-0.1, -0.05) is 30.3 Å². The van der Waals surface area contributed by atoms with E-state index in [0.717, 1.165) is 21.5 Å². The third-order valence-corrected chi connectivity index (χ3v) is 5.79. The minimum absolute atomic E-state index is 0.161. The first-order valence-electron chi connectivity index (χ1n) is 9.19. The molecule has 0 aliphatic rings. The summed E-state index contributed by atoms with van der Waals surface area (Å²) in [5.41, 5.74) is 3.25. The number of hydrogen-bond acceptors (Lipinski definition) is 4. The van der Waals surface area contributed by atoms with Crippen LogP contribution in [0.5, 0.6) is 0 Å². The van der Waals surface area contributed by atoms with E-state index in [2.05, 4.69) is 27.9 Å². The third-order valence-electron chi connectivity index (χ3n) is 4.64. The molecule has 4 rings (SSSR count). The van der Waals surface area contributed by atoms with Gasteiger partial charge in [0.25, 0.3) is 11.8 Å². The topological polar surface area (TPSA) is 76.0 Å². The molecule has 0 bridgehead atoms. The van der Waals surface area contributed by atoms with Crippen LogP contribution in [0.3, 0.4) is 0 Å². The Kier molecular flexibility index (Phi) is 5.14. The molecule has 6 nitrogen and oxygen atoms in total. The summed E-state index contributed by atoms with van der Waals surface area (Å²) >= 11 is 1.43. The Labute approximate surface area is 172 Å². The third kappa shape index (κ3) is 3.90. The molecule has 2 heterocycles. The number of carbonyl (C=O) groups is 2. The Morgan fingerprint density at radius 2 is 1.76 bits per heavy atom. The number of rotatable bonds is 5. The van der Waals surface area contributed by atoms with Gasteiger partial charge in [0.1, 0.15) is 4.83 Å². The normalized spacial score (nSPS) is 10.8. The number of anilines is 1. The van der Waals surface area contributed by atoms with Gasteiger partial charge < -0.3 is 10.6 Å². The van der Waals surface area contributed by atoms with Gasteiger partial charge in [-0.05, 0) is 42.8 Å². The van der Waals surface area contributed by atoms with Crippen molar-refractivity contribution in [1.29, 1.82) is 0 Å². The van der Waals surface area contributed by atoms with Gasteiger partial charge in [-0.2, -0.15) is 5.10 Å².